The van der Waals surface area contributed by atoms with E-state index in [1.54, 1.807) is 6.07 Å². The predicted octanol–water partition coefficient (Wildman–Crippen LogP) is 3.20. The highest BCUT2D eigenvalue weighted by Crippen LogP contribution is 2.39. The molecule has 2 aromatic carbocycles. The molecule has 2 aromatic rings. The normalized spacial score (nSPS) is 21.9. The fourth-order valence-corrected chi connectivity index (χ4v) is 2.84. The average Bonchev–Trinajstić information content (AvgIpc) is 2.68. The number of fused-ring (bicyclic) bond motifs is 1. The van der Waals surface area contributed by atoms with E-state index in [-0.39, 0.29) is 5.82 Å². The maximum Gasteiger partial charge on any atom is 0.123 e. The monoisotopic (exact) mass is 242 g/mol. The van der Waals surface area contributed by atoms with E-state index in [0.717, 1.165) is 17.5 Å². The van der Waals surface area contributed by atoms with Gasteiger partial charge in [-0.05, 0) is 41.7 Å². The maximum atomic E-state index is 13.2. The maximum absolute atomic E-state index is 13.2. The van der Waals surface area contributed by atoms with Crippen LogP contribution < -0.4 is 0 Å². The highest BCUT2D eigenvalue weighted by molar-refractivity contribution is 5.38. The van der Waals surface area contributed by atoms with Crippen LogP contribution in [-0.4, -0.2) is 5.11 Å². The van der Waals surface area contributed by atoms with E-state index in [4.69, 9.17) is 0 Å². The fraction of sp³-hybridized carbons (Fsp3) is 0.250. The Kier molecular flexibility index (Phi) is 2.67. The Bertz CT molecular complexity index is 579. The molecule has 1 N–H and O–H groups in total. The number of rotatable bonds is 2. The molecule has 1 unspecified atom stereocenters. The molecule has 0 bridgehead atoms. The van der Waals surface area contributed by atoms with Crippen molar-refractivity contribution in [3.05, 3.63) is 71.0 Å². The molecule has 1 aliphatic rings. The number of hydrogen-bond acceptors (Lipinski definition) is 1. The second-order valence-corrected chi connectivity index (χ2v) is 5.00. The van der Waals surface area contributed by atoms with Crippen LogP contribution in [0.25, 0.3) is 0 Å². The first-order valence-corrected chi connectivity index (χ1v) is 6.23. The van der Waals surface area contributed by atoms with Gasteiger partial charge in [-0.25, -0.2) is 4.39 Å². The van der Waals surface area contributed by atoms with Crippen LogP contribution in [0.3, 0.4) is 0 Å². The standard InChI is InChI=1S/C16H15FO/c17-14-6-3-4-12(10-14)11-16(18)9-8-13-5-1-2-7-15(13)16/h1-7,10,18H,8-9,11H2. The third-order valence-electron chi connectivity index (χ3n) is 3.71. The predicted molar refractivity (Wildman–Crippen MR) is 68.8 cm³/mol. The summed E-state index contributed by atoms with van der Waals surface area (Å²) in [5, 5.41) is 10.8. The zero-order valence-corrected chi connectivity index (χ0v) is 10.1. The van der Waals surface area contributed by atoms with Crippen molar-refractivity contribution < 1.29 is 9.50 Å². The fourth-order valence-electron chi connectivity index (χ4n) is 2.84. The van der Waals surface area contributed by atoms with E-state index >= 15 is 0 Å². The van der Waals surface area contributed by atoms with E-state index in [1.807, 2.05) is 24.3 Å². The van der Waals surface area contributed by atoms with Gasteiger partial charge in [-0.2, -0.15) is 0 Å². The van der Waals surface area contributed by atoms with Gasteiger partial charge in [0.1, 0.15) is 5.82 Å². The van der Waals surface area contributed by atoms with Crippen LogP contribution in [0.1, 0.15) is 23.1 Å². The Balaban J connectivity index is 1.94. The highest BCUT2D eigenvalue weighted by Gasteiger charge is 2.36. The smallest absolute Gasteiger partial charge is 0.123 e. The van der Waals surface area contributed by atoms with Gasteiger partial charge in [0.25, 0.3) is 0 Å². The number of aryl methyl sites for hydroxylation is 1. The van der Waals surface area contributed by atoms with Crippen molar-refractivity contribution in [2.24, 2.45) is 0 Å². The lowest BCUT2D eigenvalue weighted by Crippen LogP contribution is -2.25. The van der Waals surface area contributed by atoms with Crippen molar-refractivity contribution in [1.82, 2.24) is 0 Å². The van der Waals surface area contributed by atoms with Crippen LogP contribution >= 0.6 is 0 Å². The molecular weight excluding hydrogens is 227 g/mol. The van der Waals surface area contributed by atoms with Crippen LogP contribution in [0.2, 0.25) is 0 Å². The molecule has 0 heterocycles. The molecule has 92 valence electrons. The molecule has 0 aromatic heterocycles. The van der Waals surface area contributed by atoms with E-state index < -0.39 is 5.60 Å². The second kappa shape index (κ2) is 4.21. The summed E-state index contributed by atoms with van der Waals surface area (Å²) in [6, 6.07) is 14.4. The lowest BCUT2D eigenvalue weighted by Gasteiger charge is -2.24. The summed E-state index contributed by atoms with van der Waals surface area (Å²) in [5.41, 5.74) is 2.20. The first-order valence-electron chi connectivity index (χ1n) is 6.23. The Hall–Kier alpha value is -1.67. The molecule has 1 nitrogen and oxygen atoms in total. The summed E-state index contributed by atoms with van der Waals surface area (Å²) in [5.74, 6) is -0.248. The SMILES string of the molecule is OC1(Cc2cccc(F)c2)CCc2ccccc21. The molecule has 0 fully saturated rings. The van der Waals surface area contributed by atoms with Gasteiger partial charge in [-0.15, -0.1) is 0 Å². The van der Waals surface area contributed by atoms with Gasteiger partial charge in [0.15, 0.2) is 0 Å². The quantitative estimate of drug-likeness (QED) is 0.857. The van der Waals surface area contributed by atoms with Crippen LogP contribution in [0, 0.1) is 5.82 Å². The molecule has 0 saturated carbocycles. The Morgan fingerprint density at radius 3 is 2.78 bits per heavy atom. The Labute approximate surface area is 106 Å². The third-order valence-corrected chi connectivity index (χ3v) is 3.71. The summed E-state index contributed by atoms with van der Waals surface area (Å²) in [7, 11) is 0. The number of hydrogen-bond donors (Lipinski definition) is 1. The molecule has 0 spiro atoms. The molecule has 0 aliphatic heterocycles. The van der Waals surface area contributed by atoms with Crippen LogP contribution in [-0.2, 0) is 18.4 Å². The van der Waals surface area contributed by atoms with Gasteiger partial charge in [0.2, 0.25) is 0 Å². The molecule has 0 saturated heterocycles. The first-order chi connectivity index (χ1) is 8.67. The van der Waals surface area contributed by atoms with Crippen molar-refractivity contribution in [2.45, 2.75) is 24.9 Å². The van der Waals surface area contributed by atoms with Crippen LogP contribution in [0.15, 0.2) is 48.5 Å². The van der Waals surface area contributed by atoms with E-state index in [2.05, 4.69) is 6.07 Å². The van der Waals surface area contributed by atoms with Crippen molar-refractivity contribution in [2.75, 3.05) is 0 Å². The molecule has 0 amide bonds. The zero-order valence-electron chi connectivity index (χ0n) is 10.1. The summed E-state index contributed by atoms with van der Waals surface area (Å²) in [4.78, 5) is 0. The Morgan fingerprint density at radius 2 is 1.94 bits per heavy atom. The highest BCUT2D eigenvalue weighted by atomic mass is 19.1. The third kappa shape index (κ3) is 1.93. The van der Waals surface area contributed by atoms with Gasteiger partial charge < -0.3 is 5.11 Å². The number of halogens is 1. The zero-order chi connectivity index (χ0) is 12.6. The minimum atomic E-state index is -0.843. The van der Waals surface area contributed by atoms with E-state index in [1.165, 1.54) is 17.7 Å². The summed E-state index contributed by atoms with van der Waals surface area (Å²) in [6.07, 6.45) is 2.08. The number of aliphatic hydroxyl groups is 1. The largest absolute Gasteiger partial charge is 0.385 e. The minimum absolute atomic E-state index is 0.248. The van der Waals surface area contributed by atoms with Gasteiger partial charge in [-0.3, -0.25) is 0 Å². The molecule has 0 radical (unpaired) electrons. The average molecular weight is 242 g/mol. The van der Waals surface area contributed by atoms with Crippen LogP contribution in [0.4, 0.5) is 4.39 Å². The summed E-state index contributed by atoms with van der Waals surface area (Å²) < 4.78 is 13.2. The van der Waals surface area contributed by atoms with Crippen molar-refractivity contribution in [1.29, 1.82) is 0 Å². The summed E-state index contributed by atoms with van der Waals surface area (Å²) >= 11 is 0. The minimum Gasteiger partial charge on any atom is -0.385 e. The van der Waals surface area contributed by atoms with Crippen molar-refractivity contribution in [3.8, 4) is 0 Å². The lowest BCUT2D eigenvalue weighted by molar-refractivity contribution is 0.0389. The van der Waals surface area contributed by atoms with E-state index in [9.17, 15) is 9.50 Å². The molecule has 2 heteroatoms. The number of benzene rings is 2. The van der Waals surface area contributed by atoms with Crippen LogP contribution in [0.5, 0.6) is 0 Å². The van der Waals surface area contributed by atoms with Gasteiger partial charge >= 0.3 is 0 Å². The molecule has 18 heavy (non-hydrogen) atoms. The van der Waals surface area contributed by atoms with Crippen molar-refractivity contribution >= 4 is 0 Å². The van der Waals surface area contributed by atoms with Crippen molar-refractivity contribution in [3.63, 3.8) is 0 Å². The van der Waals surface area contributed by atoms with Gasteiger partial charge in [0.05, 0.1) is 5.60 Å². The van der Waals surface area contributed by atoms with Gasteiger partial charge in [0, 0.05) is 6.42 Å². The second-order valence-electron chi connectivity index (χ2n) is 5.00. The Morgan fingerprint density at radius 1 is 1.11 bits per heavy atom. The molecule has 1 atom stereocenters. The topological polar surface area (TPSA) is 20.2 Å². The molecule has 3 rings (SSSR count). The van der Waals surface area contributed by atoms with Gasteiger partial charge in [-0.1, -0.05) is 36.4 Å². The lowest BCUT2D eigenvalue weighted by atomic mass is 9.89. The molecule has 1 aliphatic carbocycles. The first kappa shape index (κ1) is 11.4. The van der Waals surface area contributed by atoms with E-state index in [0.29, 0.717) is 12.8 Å². The molecular formula is C16H15FO. The summed E-state index contributed by atoms with van der Waals surface area (Å²) in [6.45, 7) is 0.